The number of carbonyl (C=O) groups is 1. The van der Waals surface area contributed by atoms with E-state index in [1.807, 2.05) is 0 Å². The molecular weight excluding hydrogens is 375 g/mol. The highest BCUT2D eigenvalue weighted by Crippen LogP contribution is 2.24. The summed E-state index contributed by atoms with van der Waals surface area (Å²) in [4.78, 5) is 19.0. The predicted molar refractivity (Wildman–Crippen MR) is 94.9 cm³/mol. The molecule has 3 rings (SSSR count). The molecule has 0 saturated heterocycles. The maximum atomic E-state index is 12.3. The number of nitrogens with zero attached hydrogens (tertiary/aromatic N) is 2. The molecule has 3 aromatic rings. The number of benzene rings is 1. The van der Waals surface area contributed by atoms with E-state index in [1.54, 1.807) is 30.5 Å². The lowest BCUT2D eigenvalue weighted by molar-refractivity contribution is -0.274. The first-order valence-corrected chi connectivity index (χ1v) is 8.04. The molecule has 0 aliphatic carbocycles. The van der Waals surface area contributed by atoms with Crippen molar-refractivity contribution in [1.82, 2.24) is 9.97 Å². The summed E-state index contributed by atoms with van der Waals surface area (Å²) in [5.74, 6) is -0.898. The van der Waals surface area contributed by atoms with Crippen LogP contribution in [0.3, 0.4) is 0 Å². The normalized spacial score (nSPS) is 11.1. The summed E-state index contributed by atoms with van der Waals surface area (Å²) in [6.45, 7) is 0.250. The molecule has 6 nitrogen and oxygen atoms in total. The fraction of sp³-hybridized carbons (Fsp3) is 0.105. The van der Waals surface area contributed by atoms with Crippen LogP contribution in [0, 0.1) is 0 Å². The van der Waals surface area contributed by atoms with Crippen LogP contribution < -0.4 is 10.1 Å². The number of nitrogens with one attached hydrogen (secondary N) is 1. The van der Waals surface area contributed by atoms with Crippen LogP contribution in [0.5, 0.6) is 5.75 Å². The van der Waals surface area contributed by atoms with Gasteiger partial charge >= 0.3 is 12.3 Å². The molecule has 0 bridgehead atoms. The SMILES string of the molecule is O=C(O)c1cc(-c2ccc(NCc3cccc(OC(F)(F)F)c3)nc2)ccn1. The highest BCUT2D eigenvalue weighted by atomic mass is 19.4. The molecule has 0 saturated carbocycles. The van der Waals surface area contributed by atoms with Gasteiger partial charge in [-0.3, -0.25) is 0 Å². The second-order valence-electron chi connectivity index (χ2n) is 5.72. The first kappa shape index (κ1) is 19.2. The first-order valence-electron chi connectivity index (χ1n) is 8.04. The zero-order valence-electron chi connectivity index (χ0n) is 14.3. The molecule has 0 unspecified atom stereocenters. The standard InChI is InChI=1S/C19H14F3N3O3/c20-19(21,22)28-15-3-1-2-12(8-15)10-24-17-5-4-14(11-25-17)13-6-7-23-16(9-13)18(26)27/h1-9,11H,10H2,(H,24,25)(H,26,27). The number of hydrogen-bond acceptors (Lipinski definition) is 5. The van der Waals surface area contributed by atoms with Crippen LogP contribution in [0.2, 0.25) is 0 Å². The van der Waals surface area contributed by atoms with Crippen molar-refractivity contribution in [1.29, 1.82) is 0 Å². The lowest BCUT2D eigenvalue weighted by atomic mass is 10.1. The van der Waals surface area contributed by atoms with Crippen LogP contribution in [0.15, 0.2) is 60.9 Å². The lowest BCUT2D eigenvalue weighted by Crippen LogP contribution is -2.17. The van der Waals surface area contributed by atoms with Crippen molar-refractivity contribution in [2.75, 3.05) is 5.32 Å². The van der Waals surface area contributed by atoms with E-state index < -0.39 is 12.3 Å². The fourth-order valence-electron chi connectivity index (χ4n) is 2.44. The topological polar surface area (TPSA) is 84.3 Å². The van der Waals surface area contributed by atoms with Crippen molar-refractivity contribution in [3.8, 4) is 16.9 Å². The highest BCUT2D eigenvalue weighted by molar-refractivity contribution is 5.87. The van der Waals surface area contributed by atoms with E-state index in [0.717, 1.165) is 0 Å². The quantitative estimate of drug-likeness (QED) is 0.652. The van der Waals surface area contributed by atoms with Gasteiger partial charge in [0, 0.05) is 24.5 Å². The summed E-state index contributed by atoms with van der Waals surface area (Å²) < 4.78 is 40.8. The maximum Gasteiger partial charge on any atom is 0.573 e. The molecule has 0 aliphatic rings. The number of aromatic nitrogens is 2. The van der Waals surface area contributed by atoms with Gasteiger partial charge in [0.25, 0.3) is 0 Å². The second-order valence-corrected chi connectivity index (χ2v) is 5.72. The Labute approximate surface area is 157 Å². The summed E-state index contributed by atoms with van der Waals surface area (Å²) in [7, 11) is 0. The molecular formula is C19H14F3N3O3. The number of carboxylic acids is 1. The summed E-state index contributed by atoms with van der Waals surface area (Å²) >= 11 is 0. The van der Waals surface area contributed by atoms with E-state index in [-0.39, 0.29) is 18.0 Å². The average molecular weight is 389 g/mol. The van der Waals surface area contributed by atoms with Crippen LogP contribution in [0.4, 0.5) is 19.0 Å². The maximum absolute atomic E-state index is 12.3. The third-order valence-electron chi connectivity index (χ3n) is 3.68. The second kappa shape index (κ2) is 7.95. The third-order valence-corrected chi connectivity index (χ3v) is 3.68. The van der Waals surface area contributed by atoms with Gasteiger partial charge in [0.05, 0.1) is 0 Å². The number of hydrogen-bond donors (Lipinski definition) is 2. The number of rotatable bonds is 6. The molecule has 0 spiro atoms. The lowest BCUT2D eigenvalue weighted by Gasteiger charge is -2.11. The van der Waals surface area contributed by atoms with Crippen LogP contribution >= 0.6 is 0 Å². The van der Waals surface area contributed by atoms with Crippen LogP contribution in [-0.4, -0.2) is 27.4 Å². The Hall–Kier alpha value is -3.62. The Morgan fingerprint density at radius 1 is 1.07 bits per heavy atom. The Morgan fingerprint density at radius 2 is 1.89 bits per heavy atom. The van der Waals surface area contributed by atoms with Crippen molar-refractivity contribution in [3.05, 3.63) is 72.2 Å². The fourth-order valence-corrected chi connectivity index (χ4v) is 2.44. The van der Waals surface area contributed by atoms with Gasteiger partial charge in [0.1, 0.15) is 17.3 Å². The van der Waals surface area contributed by atoms with Crippen molar-refractivity contribution in [2.45, 2.75) is 12.9 Å². The average Bonchev–Trinajstić information content (AvgIpc) is 2.66. The molecule has 1 aromatic carbocycles. The molecule has 0 amide bonds. The smallest absolute Gasteiger partial charge is 0.477 e. The number of anilines is 1. The van der Waals surface area contributed by atoms with E-state index >= 15 is 0 Å². The first-order chi connectivity index (χ1) is 13.3. The number of pyridine rings is 2. The monoisotopic (exact) mass is 389 g/mol. The summed E-state index contributed by atoms with van der Waals surface area (Å²) in [5.41, 5.74) is 1.88. The van der Waals surface area contributed by atoms with Crippen LogP contribution in [0.1, 0.15) is 16.1 Å². The number of halogens is 3. The van der Waals surface area contributed by atoms with Gasteiger partial charge in [-0.1, -0.05) is 12.1 Å². The molecule has 0 aliphatic heterocycles. The van der Waals surface area contributed by atoms with E-state index in [1.165, 1.54) is 30.5 Å². The Kier molecular flexibility index (Phi) is 5.44. The van der Waals surface area contributed by atoms with Crippen molar-refractivity contribution in [3.63, 3.8) is 0 Å². The Balaban J connectivity index is 1.66. The van der Waals surface area contributed by atoms with Gasteiger partial charge in [0.2, 0.25) is 0 Å². The Bertz CT molecular complexity index is 976. The molecule has 0 fully saturated rings. The zero-order valence-corrected chi connectivity index (χ0v) is 14.3. The number of ether oxygens (including phenoxy) is 1. The summed E-state index contributed by atoms with van der Waals surface area (Å²) in [5, 5.41) is 12.0. The van der Waals surface area contributed by atoms with Crippen molar-refractivity contribution < 1.29 is 27.8 Å². The molecule has 9 heteroatoms. The van der Waals surface area contributed by atoms with E-state index in [4.69, 9.17) is 5.11 Å². The van der Waals surface area contributed by atoms with Gasteiger partial charge in [0.15, 0.2) is 0 Å². The van der Waals surface area contributed by atoms with Crippen LogP contribution in [-0.2, 0) is 6.54 Å². The minimum Gasteiger partial charge on any atom is -0.477 e. The largest absolute Gasteiger partial charge is 0.573 e. The number of aromatic carboxylic acids is 1. The van der Waals surface area contributed by atoms with Gasteiger partial charge in [-0.05, 0) is 47.5 Å². The molecule has 28 heavy (non-hydrogen) atoms. The summed E-state index contributed by atoms with van der Waals surface area (Å²) in [6.07, 6.45) is -1.77. The minimum atomic E-state index is -4.74. The van der Waals surface area contributed by atoms with Crippen LogP contribution in [0.25, 0.3) is 11.1 Å². The van der Waals surface area contributed by atoms with E-state index in [2.05, 4.69) is 20.0 Å². The number of alkyl halides is 3. The Morgan fingerprint density at radius 3 is 2.57 bits per heavy atom. The molecule has 0 radical (unpaired) electrons. The minimum absolute atomic E-state index is 0.0688. The number of carboxylic acid groups (broad SMARTS) is 1. The highest BCUT2D eigenvalue weighted by Gasteiger charge is 2.31. The van der Waals surface area contributed by atoms with Gasteiger partial charge in [-0.15, -0.1) is 13.2 Å². The van der Waals surface area contributed by atoms with Crippen molar-refractivity contribution in [2.24, 2.45) is 0 Å². The van der Waals surface area contributed by atoms with E-state index in [0.29, 0.717) is 22.5 Å². The molecule has 2 aromatic heterocycles. The van der Waals surface area contributed by atoms with Crippen molar-refractivity contribution >= 4 is 11.8 Å². The zero-order chi connectivity index (χ0) is 20.1. The summed E-state index contributed by atoms with van der Waals surface area (Å²) in [6, 6.07) is 12.2. The van der Waals surface area contributed by atoms with Gasteiger partial charge < -0.3 is 15.2 Å². The molecule has 0 atom stereocenters. The molecule has 144 valence electrons. The predicted octanol–water partition coefficient (Wildman–Crippen LogP) is 4.35. The third kappa shape index (κ3) is 5.19. The molecule has 2 heterocycles. The molecule has 2 N–H and O–H groups in total. The van der Waals surface area contributed by atoms with E-state index in [9.17, 15) is 18.0 Å². The van der Waals surface area contributed by atoms with Gasteiger partial charge in [-0.2, -0.15) is 0 Å². The van der Waals surface area contributed by atoms with Gasteiger partial charge in [-0.25, -0.2) is 14.8 Å².